The minimum Gasteiger partial charge on any atom is -0.390 e. The van der Waals surface area contributed by atoms with Crippen molar-refractivity contribution in [3.63, 3.8) is 0 Å². The van der Waals surface area contributed by atoms with Gasteiger partial charge in [-0.1, -0.05) is 28.5 Å². The maximum absolute atomic E-state index is 14.5. The number of halogens is 6. The number of aliphatic hydroxyl groups excluding tert-OH is 2. The fourth-order valence-electron chi connectivity index (χ4n) is 12.0. The summed E-state index contributed by atoms with van der Waals surface area (Å²) in [6, 6.07) is 14.3. The number of hydrogen-bond donors (Lipinski definition) is 5. The van der Waals surface area contributed by atoms with Crippen LogP contribution in [0.5, 0.6) is 0 Å². The van der Waals surface area contributed by atoms with Crippen LogP contribution in [-0.2, 0) is 22.4 Å². The second-order valence-corrected chi connectivity index (χ2v) is 23.4. The number of benzene rings is 1. The number of aromatic amines is 1. The van der Waals surface area contributed by atoms with Crippen LogP contribution in [0.2, 0.25) is 0 Å². The Balaban J connectivity index is 0.000000168. The van der Waals surface area contributed by atoms with Gasteiger partial charge in [0.2, 0.25) is 11.9 Å². The third kappa shape index (κ3) is 10.6. The molecule has 27 heteroatoms. The number of rotatable bonds is 12. The summed E-state index contributed by atoms with van der Waals surface area (Å²) in [6.45, 7) is 9.30. The molecule has 0 amide bonds. The summed E-state index contributed by atoms with van der Waals surface area (Å²) in [5, 5.41) is 34.5. The van der Waals surface area contributed by atoms with Crippen LogP contribution in [0.1, 0.15) is 72.6 Å². The molecule has 0 spiro atoms. The van der Waals surface area contributed by atoms with Gasteiger partial charge in [0.25, 0.3) is 10.0 Å². The first-order chi connectivity index (χ1) is 39.6. The van der Waals surface area contributed by atoms with E-state index >= 15 is 0 Å². The number of aryl methyl sites for hydroxylation is 4. The van der Waals surface area contributed by atoms with E-state index in [1.54, 1.807) is 57.2 Å². The number of nitrogens with one attached hydrogen (secondary N) is 3. The number of nitrogens with zero attached hydrogens (tertiary/aromatic N) is 11. The monoisotopic (exact) mass is 1170 g/mol. The molecule has 13 rings (SSSR count). The van der Waals surface area contributed by atoms with Crippen LogP contribution in [0.3, 0.4) is 0 Å². The first kappa shape index (κ1) is 55.7. The van der Waals surface area contributed by atoms with E-state index in [0.29, 0.717) is 82.6 Å². The van der Waals surface area contributed by atoms with Crippen LogP contribution < -0.4 is 10.6 Å². The summed E-state index contributed by atoms with van der Waals surface area (Å²) in [5.74, 6) is 1.21. The van der Waals surface area contributed by atoms with Crippen LogP contribution in [0, 0.1) is 27.7 Å². The minimum atomic E-state index is -4.84. The van der Waals surface area contributed by atoms with Crippen molar-refractivity contribution in [3.8, 4) is 45.0 Å². The molecule has 0 bridgehead atoms. The number of β-amino-alcohol motifs (C(OH)–C–C–N with tert-alkyl or cyclic N) is 2. The highest BCUT2D eigenvalue weighted by atomic mass is 32.2. The van der Waals surface area contributed by atoms with Gasteiger partial charge in [-0.3, -0.25) is 9.80 Å². The number of anilines is 2. The Kier molecular flexibility index (Phi) is 14.4. The Morgan fingerprint density at radius 2 is 1.12 bits per heavy atom. The number of alkyl halides is 6. The van der Waals surface area contributed by atoms with Gasteiger partial charge in [-0.2, -0.15) is 26.3 Å². The van der Waals surface area contributed by atoms with Crippen molar-refractivity contribution in [2.45, 2.75) is 120 Å². The maximum atomic E-state index is 14.5. The maximum Gasteiger partial charge on any atom is 0.419 e. The van der Waals surface area contributed by atoms with Crippen molar-refractivity contribution in [1.29, 1.82) is 0 Å². The number of H-pyrrole nitrogens is 1. The molecule has 5 N–H and O–H groups in total. The summed E-state index contributed by atoms with van der Waals surface area (Å²) < 4.78 is 125. The van der Waals surface area contributed by atoms with Crippen LogP contribution in [0.25, 0.3) is 67.1 Å². The van der Waals surface area contributed by atoms with Gasteiger partial charge < -0.3 is 34.9 Å². The molecule has 83 heavy (non-hydrogen) atoms. The zero-order valence-corrected chi connectivity index (χ0v) is 46.0. The highest BCUT2D eigenvalue weighted by Crippen LogP contribution is 2.43. The molecule has 2 aliphatic carbocycles. The number of hydrogen-bond acceptors (Lipinski definition) is 18. The summed E-state index contributed by atoms with van der Waals surface area (Å²) >= 11 is 0. The second-order valence-electron chi connectivity index (χ2n) is 21.5. The molecule has 8 aromatic heterocycles. The molecule has 1 aromatic carbocycles. The Bertz CT molecular complexity index is 3970. The number of aromatic nitrogens is 10. The SMILES string of the molecule is Cc1noc(C)c1-c1ccc2c(-c3nc(N[C@H]4CCC[C@H]4N4CC(O)C4)ncc3C(F)(F)F)c[nH]c2n1.Cc1noc(C)c1-c1ccc2c(-c3nc(N[C@H]4CCC[C@H]4N4CC(O)C4)ncc3C(F)(F)F)cn(S(=O)(=O)c3ccccc3)c2n1. The van der Waals surface area contributed by atoms with E-state index < -0.39 is 39.2 Å². The Morgan fingerprint density at radius 1 is 0.627 bits per heavy atom. The standard InChI is InChI=1S/C31H30F3N7O4S.C25H26F3N7O2/c1-17-27(18(2)45-39-17)25-12-11-21-22(16-41(29(21)36-25)46(43,44)20-7-4-3-5-8-20)28-23(31(32,33)34)13-35-30(38-28)37-24-9-6-10-26(24)40-14-19(42)15-40;1-12-21(13(2)37-34-12)19-7-6-15-16(8-29-23(15)31-19)22-17(25(26,27)28)9-30-24(33-22)32-18-4-3-5-20(18)35-10-14(36)11-35/h3-5,7-8,11-13,16,19,24,26,42H,6,9-10,14-15H2,1-2H3,(H,35,37,38);6-9,14,18,20,36H,3-5,10-11H2,1-2H3,(H,29,31)(H,30,32,33)/t24-,26+;18-,20+/m00/s1. The van der Waals surface area contributed by atoms with Crippen molar-refractivity contribution < 1.29 is 54.0 Å². The lowest BCUT2D eigenvalue weighted by Crippen LogP contribution is -2.58. The van der Waals surface area contributed by atoms with E-state index in [9.17, 15) is 45.0 Å². The van der Waals surface area contributed by atoms with Gasteiger partial charge in [-0.25, -0.2) is 42.3 Å². The summed E-state index contributed by atoms with van der Waals surface area (Å²) in [6.07, 6.45) is -0.617. The van der Waals surface area contributed by atoms with E-state index in [1.807, 2.05) is 6.92 Å². The lowest BCUT2D eigenvalue weighted by molar-refractivity contribution is -0.138. The van der Waals surface area contributed by atoms with Crippen molar-refractivity contribution in [2.75, 3.05) is 36.8 Å². The Labute approximate surface area is 470 Å². The van der Waals surface area contributed by atoms with E-state index in [2.05, 4.69) is 65.6 Å². The molecule has 2 aliphatic heterocycles. The lowest BCUT2D eigenvalue weighted by atomic mass is 10.0. The molecule has 2 saturated heterocycles. The zero-order valence-electron chi connectivity index (χ0n) is 45.2. The topological polar surface area (TPSA) is 255 Å². The average Bonchev–Trinajstić information content (AvgIpc) is 2.17. The van der Waals surface area contributed by atoms with Gasteiger partial charge >= 0.3 is 12.4 Å². The molecule has 4 atom stereocenters. The van der Waals surface area contributed by atoms with Crippen LogP contribution in [-0.4, -0.2) is 140 Å². The molecule has 0 unspecified atom stereocenters. The highest BCUT2D eigenvalue weighted by Gasteiger charge is 2.42. The first-order valence-corrected chi connectivity index (χ1v) is 28.5. The van der Waals surface area contributed by atoms with E-state index in [0.717, 1.165) is 66.7 Å². The predicted molar refractivity (Wildman–Crippen MR) is 292 cm³/mol. The molecule has 9 aromatic rings. The number of fused-ring (bicyclic) bond motifs is 2. The van der Waals surface area contributed by atoms with Crippen LogP contribution in [0.15, 0.2) is 93.3 Å². The third-order valence-corrected chi connectivity index (χ3v) is 17.7. The lowest BCUT2D eigenvalue weighted by Gasteiger charge is -2.42. The third-order valence-electron chi connectivity index (χ3n) is 16.0. The van der Waals surface area contributed by atoms with Gasteiger partial charge in [-0.15, -0.1) is 0 Å². The zero-order chi connectivity index (χ0) is 58.3. The van der Waals surface area contributed by atoms with Gasteiger partial charge in [0, 0.05) is 97.0 Å². The smallest absolute Gasteiger partial charge is 0.390 e. The normalized spacial score (nSPS) is 20.2. The summed E-state index contributed by atoms with van der Waals surface area (Å²) in [4.78, 5) is 33.3. The van der Waals surface area contributed by atoms with Crippen molar-refractivity contribution >= 4 is 44.0 Å². The van der Waals surface area contributed by atoms with Gasteiger partial charge in [0.15, 0.2) is 5.65 Å². The van der Waals surface area contributed by atoms with Gasteiger partial charge in [-0.05, 0) is 103 Å². The largest absolute Gasteiger partial charge is 0.419 e. The van der Waals surface area contributed by atoms with Crippen molar-refractivity contribution in [3.05, 3.63) is 113 Å². The van der Waals surface area contributed by atoms with E-state index in [4.69, 9.17) is 9.05 Å². The molecule has 2 saturated carbocycles. The quantitative estimate of drug-likeness (QED) is 0.0714. The van der Waals surface area contributed by atoms with Crippen LogP contribution in [0.4, 0.5) is 38.2 Å². The van der Waals surface area contributed by atoms with Crippen LogP contribution >= 0.6 is 0 Å². The molecule has 20 nitrogen and oxygen atoms in total. The second kappa shape index (κ2) is 21.4. The van der Waals surface area contributed by atoms with Crippen molar-refractivity contribution in [2.24, 2.45) is 0 Å². The van der Waals surface area contributed by atoms with Gasteiger partial charge in [0.1, 0.15) is 28.3 Å². The van der Waals surface area contributed by atoms with E-state index in [1.165, 1.54) is 24.4 Å². The average molecular weight is 1170 g/mol. The van der Waals surface area contributed by atoms with E-state index in [-0.39, 0.29) is 75.5 Å². The summed E-state index contributed by atoms with van der Waals surface area (Å²) in [5.41, 5.74) is 1.34. The summed E-state index contributed by atoms with van der Waals surface area (Å²) in [7, 11) is -4.30. The Hall–Kier alpha value is -7.85. The minimum absolute atomic E-state index is 0.000621. The first-order valence-electron chi connectivity index (χ1n) is 27.0. The molecule has 4 aliphatic rings. The molecule has 10 heterocycles. The van der Waals surface area contributed by atoms with Gasteiger partial charge in [0.05, 0.1) is 62.4 Å². The fourth-order valence-corrected chi connectivity index (χ4v) is 13.3. The molecule has 434 valence electrons. The number of pyridine rings is 2. The predicted octanol–water partition coefficient (Wildman–Crippen LogP) is 9.35. The highest BCUT2D eigenvalue weighted by molar-refractivity contribution is 7.90. The molecular formula is C56H56F6N14O6S. The molecular weight excluding hydrogens is 1110 g/mol. The number of aliphatic hydroxyl groups is 2. The Morgan fingerprint density at radius 3 is 1.60 bits per heavy atom. The number of likely N-dealkylation sites (tertiary alicyclic amines) is 2. The fraction of sp³-hybridized carbons (Fsp3) is 0.393. The van der Waals surface area contributed by atoms with Crippen molar-refractivity contribution in [1.82, 2.24) is 59.0 Å². The molecule has 0 radical (unpaired) electrons. The molecule has 4 fully saturated rings.